The Bertz CT molecular complexity index is 382. The summed E-state index contributed by atoms with van der Waals surface area (Å²) in [6, 6.07) is 0.840. The fourth-order valence-electron chi connectivity index (χ4n) is 3.88. The van der Waals surface area contributed by atoms with Crippen LogP contribution in [0.25, 0.3) is 0 Å². The van der Waals surface area contributed by atoms with Crippen molar-refractivity contribution in [2.75, 3.05) is 46.4 Å². The molecule has 148 valence electrons. The first kappa shape index (κ1) is 23.0. The second-order valence-corrected chi connectivity index (χ2v) is 7.43. The van der Waals surface area contributed by atoms with Gasteiger partial charge >= 0.3 is 0 Å². The van der Waals surface area contributed by atoms with Crippen molar-refractivity contribution in [1.29, 1.82) is 0 Å². The molecule has 2 aliphatic carbocycles. The molecule has 2 N–H and O–H groups in total. The number of rotatable bonds is 11. The fraction of sp³-hybridized carbons (Fsp3) is 0.947. The Morgan fingerprint density at radius 3 is 2.48 bits per heavy atom. The van der Waals surface area contributed by atoms with Crippen LogP contribution in [0.15, 0.2) is 4.99 Å². The van der Waals surface area contributed by atoms with E-state index in [9.17, 15) is 0 Å². The molecule has 0 heterocycles. The van der Waals surface area contributed by atoms with Crippen molar-refractivity contribution in [1.82, 2.24) is 15.5 Å². The number of hydrogen-bond donors (Lipinski definition) is 2. The predicted octanol–water partition coefficient (Wildman–Crippen LogP) is 3.24. The largest absolute Gasteiger partial charge is 0.385 e. The molecule has 2 rings (SSSR count). The summed E-state index contributed by atoms with van der Waals surface area (Å²) in [5, 5.41) is 6.94. The highest BCUT2D eigenvalue weighted by Crippen LogP contribution is 2.41. The van der Waals surface area contributed by atoms with Gasteiger partial charge < -0.3 is 15.4 Å². The van der Waals surface area contributed by atoms with Crippen molar-refractivity contribution in [3.8, 4) is 0 Å². The normalized spacial score (nSPS) is 19.8. The Kier molecular flexibility index (Phi) is 11.3. The van der Waals surface area contributed by atoms with Crippen LogP contribution in [0.3, 0.4) is 0 Å². The second kappa shape index (κ2) is 12.3. The maximum absolute atomic E-state index is 5.33. The van der Waals surface area contributed by atoms with Gasteiger partial charge in [-0.25, -0.2) is 0 Å². The quantitative estimate of drug-likeness (QED) is 0.279. The van der Waals surface area contributed by atoms with Gasteiger partial charge in [-0.15, -0.1) is 24.0 Å². The third-order valence-electron chi connectivity index (χ3n) is 5.58. The molecule has 0 atom stereocenters. The second-order valence-electron chi connectivity index (χ2n) is 7.43. The minimum absolute atomic E-state index is 0. The van der Waals surface area contributed by atoms with E-state index in [0.29, 0.717) is 5.41 Å². The van der Waals surface area contributed by atoms with Crippen molar-refractivity contribution >= 4 is 29.9 Å². The molecule has 0 radical (unpaired) electrons. The molecule has 0 aromatic heterocycles. The van der Waals surface area contributed by atoms with Gasteiger partial charge in [0.15, 0.2) is 5.96 Å². The molecule has 0 aromatic rings. The van der Waals surface area contributed by atoms with E-state index in [-0.39, 0.29) is 24.0 Å². The molecule has 0 aliphatic heterocycles. The number of ether oxygens (including phenoxy) is 1. The Morgan fingerprint density at radius 2 is 1.92 bits per heavy atom. The van der Waals surface area contributed by atoms with Gasteiger partial charge in [-0.05, 0) is 51.0 Å². The molecule has 2 saturated carbocycles. The molecule has 5 nitrogen and oxygen atoms in total. The van der Waals surface area contributed by atoms with Gasteiger partial charge in [-0.3, -0.25) is 9.89 Å². The molecule has 0 saturated heterocycles. The molecule has 0 spiro atoms. The topological polar surface area (TPSA) is 48.9 Å². The molecule has 6 heteroatoms. The summed E-state index contributed by atoms with van der Waals surface area (Å²) in [6.07, 6.45) is 9.17. The van der Waals surface area contributed by atoms with E-state index in [1.165, 1.54) is 38.5 Å². The maximum atomic E-state index is 5.33. The molecule has 0 aromatic carbocycles. The summed E-state index contributed by atoms with van der Waals surface area (Å²) in [7, 11) is 1.80. The highest BCUT2D eigenvalue weighted by atomic mass is 127. The number of nitrogens with one attached hydrogen (secondary N) is 2. The van der Waals surface area contributed by atoms with Gasteiger partial charge in [0.05, 0.1) is 0 Å². The lowest BCUT2D eigenvalue weighted by Crippen LogP contribution is -2.42. The molecular weight excluding hydrogens is 427 g/mol. The van der Waals surface area contributed by atoms with Crippen molar-refractivity contribution in [2.45, 2.75) is 64.8 Å². The standard InChI is InChI=1S/C19H38N4O.HI/c1-4-20-18(21-13-14-23(5-2)17-8-9-17)22-16-19(12-15-24-3)10-6-7-11-19;/h17H,4-16H2,1-3H3,(H2,20,21,22);1H. The number of nitrogens with zero attached hydrogens (tertiary/aromatic N) is 2. The summed E-state index contributed by atoms with van der Waals surface area (Å²) < 4.78 is 5.33. The molecule has 0 unspecified atom stereocenters. The van der Waals surface area contributed by atoms with Crippen LogP contribution in [0.1, 0.15) is 58.8 Å². The molecule has 25 heavy (non-hydrogen) atoms. The molecule has 2 fully saturated rings. The highest BCUT2D eigenvalue weighted by Gasteiger charge is 2.33. The minimum atomic E-state index is 0. The Balaban J connectivity index is 0.00000312. The third-order valence-corrected chi connectivity index (χ3v) is 5.58. The smallest absolute Gasteiger partial charge is 0.191 e. The zero-order valence-corrected chi connectivity index (χ0v) is 18.8. The van der Waals surface area contributed by atoms with Crippen molar-refractivity contribution in [3.05, 3.63) is 0 Å². The summed E-state index contributed by atoms with van der Waals surface area (Å²) in [5.74, 6) is 0.980. The maximum Gasteiger partial charge on any atom is 0.191 e. The summed E-state index contributed by atoms with van der Waals surface area (Å²) >= 11 is 0. The van der Waals surface area contributed by atoms with E-state index >= 15 is 0 Å². The van der Waals surface area contributed by atoms with E-state index < -0.39 is 0 Å². The van der Waals surface area contributed by atoms with Crippen LogP contribution in [0.4, 0.5) is 0 Å². The minimum Gasteiger partial charge on any atom is -0.385 e. The van der Waals surface area contributed by atoms with E-state index in [1.807, 2.05) is 0 Å². The first-order valence-electron chi connectivity index (χ1n) is 9.98. The van der Waals surface area contributed by atoms with Crippen LogP contribution in [-0.4, -0.2) is 63.3 Å². The van der Waals surface area contributed by atoms with Crippen LogP contribution in [0, 0.1) is 5.41 Å². The van der Waals surface area contributed by atoms with Gasteiger partial charge in [0, 0.05) is 45.9 Å². The van der Waals surface area contributed by atoms with Crippen LogP contribution < -0.4 is 10.6 Å². The number of hydrogen-bond acceptors (Lipinski definition) is 3. The highest BCUT2D eigenvalue weighted by molar-refractivity contribution is 14.0. The number of methoxy groups -OCH3 is 1. The fourth-order valence-corrected chi connectivity index (χ4v) is 3.88. The van der Waals surface area contributed by atoms with Crippen LogP contribution >= 0.6 is 24.0 Å². The number of halogens is 1. The molecular formula is C19H39IN4O. The Morgan fingerprint density at radius 1 is 1.20 bits per heavy atom. The van der Waals surface area contributed by atoms with Gasteiger partial charge in [0.25, 0.3) is 0 Å². The third kappa shape index (κ3) is 7.99. The zero-order valence-electron chi connectivity index (χ0n) is 16.5. The van der Waals surface area contributed by atoms with Crippen LogP contribution in [0.5, 0.6) is 0 Å². The SMILES string of the molecule is CCNC(=NCC1(CCOC)CCCC1)NCCN(CC)C1CC1.I. The Hall–Kier alpha value is -0.0800. The lowest BCUT2D eigenvalue weighted by atomic mass is 9.83. The van der Waals surface area contributed by atoms with Gasteiger partial charge in [0.1, 0.15) is 0 Å². The van der Waals surface area contributed by atoms with Crippen molar-refractivity contribution in [3.63, 3.8) is 0 Å². The number of guanidine groups is 1. The van der Waals surface area contributed by atoms with Crippen LogP contribution in [0.2, 0.25) is 0 Å². The van der Waals surface area contributed by atoms with Crippen molar-refractivity contribution < 1.29 is 4.74 Å². The van der Waals surface area contributed by atoms with Crippen molar-refractivity contribution in [2.24, 2.45) is 10.4 Å². The van der Waals surface area contributed by atoms with E-state index in [0.717, 1.165) is 57.8 Å². The van der Waals surface area contributed by atoms with E-state index in [4.69, 9.17) is 9.73 Å². The lowest BCUT2D eigenvalue weighted by Gasteiger charge is -2.27. The predicted molar refractivity (Wildman–Crippen MR) is 117 cm³/mol. The molecule has 0 bridgehead atoms. The monoisotopic (exact) mass is 466 g/mol. The number of aliphatic imine (C=N–C) groups is 1. The first-order valence-corrected chi connectivity index (χ1v) is 9.98. The van der Waals surface area contributed by atoms with Crippen LogP contribution in [-0.2, 0) is 4.74 Å². The first-order chi connectivity index (χ1) is 11.7. The average molecular weight is 466 g/mol. The van der Waals surface area contributed by atoms with Gasteiger partial charge in [-0.2, -0.15) is 0 Å². The average Bonchev–Trinajstić information content (AvgIpc) is 3.33. The molecule has 2 aliphatic rings. The summed E-state index contributed by atoms with van der Waals surface area (Å²) in [4.78, 5) is 7.50. The Labute approximate surface area is 171 Å². The summed E-state index contributed by atoms with van der Waals surface area (Å²) in [5.41, 5.74) is 0.363. The summed E-state index contributed by atoms with van der Waals surface area (Å²) in [6.45, 7) is 10.3. The van der Waals surface area contributed by atoms with Gasteiger partial charge in [0.2, 0.25) is 0 Å². The van der Waals surface area contributed by atoms with E-state index in [1.54, 1.807) is 7.11 Å². The molecule has 0 amide bonds. The van der Waals surface area contributed by atoms with Gasteiger partial charge in [-0.1, -0.05) is 19.8 Å². The number of likely N-dealkylation sites (N-methyl/N-ethyl adjacent to an activating group) is 1. The lowest BCUT2D eigenvalue weighted by molar-refractivity contribution is 0.141. The zero-order chi connectivity index (χ0) is 17.3. The van der Waals surface area contributed by atoms with E-state index in [2.05, 4.69) is 29.4 Å².